The standard InChI is InChI=1S/C17H21NO2/c1-20-17-10-3-2-7-15(17)8-5-11-18-16-9-4-6-14(12-16)13-19/h2-4,6-7,9-10,12,18-19H,5,8,11,13H2,1H3. The van der Waals surface area contributed by atoms with E-state index >= 15 is 0 Å². The van der Waals surface area contributed by atoms with Gasteiger partial charge in [-0.2, -0.15) is 0 Å². The van der Waals surface area contributed by atoms with E-state index in [1.165, 1.54) is 5.56 Å². The van der Waals surface area contributed by atoms with E-state index in [2.05, 4.69) is 11.4 Å². The van der Waals surface area contributed by atoms with E-state index in [1.807, 2.05) is 42.5 Å². The van der Waals surface area contributed by atoms with E-state index < -0.39 is 0 Å². The third-order valence-corrected chi connectivity index (χ3v) is 3.25. The molecule has 0 saturated carbocycles. The van der Waals surface area contributed by atoms with Crippen LogP contribution in [0.1, 0.15) is 17.5 Å². The van der Waals surface area contributed by atoms with Crippen molar-refractivity contribution in [2.75, 3.05) is 19.0 Å². The quantitative estimate of drug-likeness (QED) is 0.760. The van der Waals surface area contributed by atoms with Gasteiger partial charge in [0.2, 0.25) is 0 Å². The Labute approximate surface area is 120 Å². The topological polar surface area (TPSA) is 41.5 Å². The van der Waals surface area contributed by atoms with E-state index in [0.717, 1.165) is 36.4 Å². The highest BCUT2D eigenvalue weighted by Crippen LogP contribution is 2.19. The van der Waals surface area contributed by atoms with Crippen molar-refractivity contribution < 1.29 is 9.84 Å². The molecule has 2 N–H and O–H groups in total. The zero-order chi connectivity index (χ0) is 14.2. The number of ether oxygens (including phenoxy) is 1. The third kappa shape index (κ3) is 4.00. The molecule has 3 heteroatoms. The lowest BCUT2D eigenvalue weighted by molar-refractivity contribution is 0.282. The first-order valence-corrected chi connectivity index (χ1v) is 6.89. The molecule has 106 valence electrons. The van der Waals surface area contributed by atoms with Crippen molar-refractivity contribution in [3.8, 4) is 5.75 Å². The molecule has 20 heavy (non-hydrogen) atoms. The molecule has 0 saturated heterocycles. The Hall–Kier alpha value is -2.00. The van der Waals surface area contributed by atoms with Crippen molar-refractivity contribution in [1.82, 2.24) is 0 Å². The van der Waals surface area contributed by atoms with Crippen molar-refractivity contribution in [3.05, 3.63) is 59.7 Å². The molecule has 2 aromatic rings. The highest BCUT2D eigenvalue weighted by molar-refractivity contribution is 5.45. The summed E-state index contributed by atoms with van der Waals surface area (Å²) in [6.45, 7) is 0.976. The van der Waals surface area contributed by atoms with Crippen LogP contribution in [0, 0.1) is 0 Å². The molecule has 0 aliphatic carbocycles. The monoisotopic (exact) mass is 271 g/mol. The average Bonchev–Trinajstić information content (AvgIpc) is 2.52. The van der Waals surface area contributed by atoms with Gasteiger partial charge in [-0.25, -0.2) is 0 Å². The van der Waals surface area contributed by atoms with Gasteiger partial charge in [-0.05, 0) is 42.2 Å². The maximum atomic E-state index is 9.10. The van der Waals surface area contributed by atoms with Crippen LogP contribution in [0.5, 0.6) is 5.75 Å². The molecule has 0 atom stereocenters. The molecule has 2 rings (SSSR count). The van der Waals surface area contributed by atoms with Gasteiger partial charge >= 0.3 is 0 Å². The number of para-hydroxylation sites is 1. The molecule has 0 spiro atoms. The first-order valence-electron chi connectivity index (χ1n) is 6.89. The second kappa shape index (κ2) is 7.56. The number of anilines is 1. The summed E-state index contributed by atoms with van der Waals surface area (Å²) in [5.41, 5.74) is 3.22. The molecule has 3 nitrogen and oxygen atoms in total. The molecule has 0 fully saturated rings. The largest absolute Gasteiger partial charge is 0.496 e. The summed E-state index contributed by atoms with van der Waals surface area (Å²) in [6.07, 6.45) is 2.01. The molecular weight excluding hydrogens is 250 g/mol. The van der Waals surface area contributed by atoms with Gasteiger partial charge < -0.3 is 15.2 Å². The van der Waals surface area contributed by atoms with Gasteiger partial charge in [0.1, 0.15) is 5.75 Å². The van der Waals surface area contributed by atoms with Gasteiger partial charge in [-0.15, -0.1) is 0 Å². The summed E-state index contributed by atoms with van der Waals surface area (Å²) < 4.78 is 5.34. The Morgan fingerprint density at radius 3 is 2.75 bits per heavy atom. The van der Waals surface area contributed by atoms with Crippen LogP contribution < -0.4 is 10.1 Å². The Morgan fingerprint density at radius 2 is 1.95 bits per heavy atom. The first kappa shape index (κ1) is 14.4. The highest BCUT2D eigenvalue weighted by atomic mass is 16.5. The molecule has 0 aliphatic rings. The third-order valence-electron chi connectivity index (χ3n) is 3.25. The van der Waals surface area contributed by atoms with Crippen LogP contribution >= 0.6 is 0 Å². The van der Waals surface area contributed by atoms with Gasteiger partial charge in [0.15, 0.2) is 0 Å². The lowest BCUT2D eigenvalue weighted by Crippen LogP contribution is -2.04. The lowest BCUT2D eigenvalue weighted by Gasteiger charge is -2.10. The second-order valence-electron chi connectivity index (χ2n) is 4.70. The van der Waals surface area contributed by atoms with E-state index in [9.17, 15) is 0 Å². The van der Waals surface area contributed by atoms with Crippen molar-refractivity contribution in [1.29, 1.82) is 0 Å². The van der Waals surface area contributed by atoms with Crippen LogP contribution in [-0.4, -0.2) is 18.8 Å². The summed E-state index contributed by atoms with van der Waals surface area (Å²) in [4.78, 5) is 0. The number of methoxy groups -OCH3 is 1. The fraction of sp³-hybridized carbons (Fsp3) is 0.294. The molecular formula is C17H21NO2. The number of aliphatic hydroxyl groups is 1. The van der Waals surface area contributed by atoms with Gasteiger partial charge in [-0.1, -0.05) is 30.3 Å². The van der Waals surface area contributed by atoms with E-state index in [4.69, 9.17) is 9.84 Å². The molecule has 0 amide bonds. The smallest absolute Gasteiger partial charge is 0.122 e. The zero-order valence-corrected chi connectivity index (χ0v) is 11.8. The molecule has 0 radical (unpaired) electrons. The Balaban J connectivity index is 1.81. The molecule has 0 unspecified atom stereocenters. The second-order valence-corrected chi connectivity index (χ2v) is 4.70. The van der Waals surface area contributed by atoms with Gasteiger partial charge in [-0.3, -0.25) is 0 Å². The van der Waals surface area contributed by atoms with Gasteiger partial charge in [0, 0.05) is 12.2 Å². The van der Waals surface area contributed by atoms with Crippen LogP contribution in [0.15, 0.2) is 48.5 Å². The number of hydrogen-bond donors (Lipinski definition) is 2. The molecule has 0 aliphatic heterocycles. The highest BCUT2D eigenvalue weighted by Gasteiger charge is 2.01. The first-order chi connectivity index (χ1) is 9.83. The molecule has 0 aromatic heterocycles. The maximum absolute atomic E-state index is 9.10. The predicted molar refractivity (Wildman–Crippen MR) is 82.2 cm³/mol. The van der Waals surface area contributed by atoms with Crippen LogP contribution in [-0.2, 0) is 13.0 Å². The van der Waals surface area contributed by atoms with Crippen molar-refractivity contribution in [2.24, 2.45) is 0 Å². The Morgan fingerprint density at radius 1 is 1.10 bits per heavy atom. The van der Waals surface area contributed by atoms with Crippen molar-refractivity contribution in [2.45, 2.75) is 19.4 Å². The average molecular weight is 271 g/mol. The van der Waals surface area contributed by atoms with E-state index in [0.29, 0.717) is 0 Å². The summed E-state index contributed by atoms with van der Waals surface area (Å²) in [6, 6.07) is 16.0. The number of benzene rings is 2. The number of aliphatic hydroxyl groups excluding tert-OH is 1. The summed E-state index contributed by atoms with van der Waals surface area (Å²) >= 11 is 0. The zero-order valence-electron chi connectivity index (χ0n) is 11.8. The van der Waals surface area contributed by atoms with Crippen LogP contribution in [0.2, 0.25) is 0 Å². The van der Waals surface area contributed by atoms with Crippen LogP contribution in [0.3, 0.4) is 0 Å². The lowest BCUT2D eigenvalue weighted by atomic mass is 10.1. The maximum Gasteiger partial charge on any atom is 0.122 e. The minimum atomic E-state index is 0.0801. The molecule has 0 heterocycles. The SMILES string of the molecule is COc1ccccc1CCCNc1cccc(CO)c1. The fourth-order valence-electron chi connectivity index (χ4n) is 2.20. The van der Waals surface area contributed by atoms with Crippen LogP contribution in [0.4, 0.5) is 5.69 Å². The Bertz CT molecular complexity index is 540. The molecule has 2 aromatic carbocycles. The van der Waals surface area contributed by atoms with E-state index in [1.54, 1.807) is 7.11 Å². The number of rotatable bonds is 7. The number of hydrogen-bond acceptors (Lipinski definition) is 3. The summed E-state index contributed by atoms with van der Waals surface area (Å²) in [7, 11) is 1.71. The van der Waals surface area contributed by atoms with Crippen molar-refractivity contribution >= 4 is 5.69 Å². The van der Waals surface area contributed by atoms with Crippen molar-refractivity contribution in [3.63, 3.8) is 0 Å². The fourth-order valence-corrected chi connectivity index (χ4v) is 2.20. The van der Waals surface area contributed by atoms with Gasteiger partial charge in [0.25, 0.3) is 0 Å². The minimum Gasteiger partial charge on any atom is -0.496 e. The van der Waals surface area contributed by atoms with Gasteiger partial charge in [0.05, 0.1) is 13.7 Å². The summed E-state index contributed by atoms with van der Waals surface area (Å²) in [5, 5.41) is 12.5. The van der Waals surface area contributed by atoms with Crippen LogP contribution in [0.25, 0.3) is 0 Å². The summed E-state index contributed by atoms with van der Waals surface area (Å²) in [5.74, 6) is 0.953. The normalized spacial score (nSPS) is 10.3. The molecule has 0 bridgehead atoms. The minimum absolute atomic E-state index is 0.0801. The Kier molecular flexibility index (Phi) is 5.44. The number of aryl methyl sites for hydroxylation is 1. The number of nitrogens with one attached hydrogen (secondary N) is 1. The van der Waals surface area contributed by atoms with E-state index in [-0.39, 0.29) is 6.61 Å². The predicted octanol–water partition coefficient (Wildman–Crippen LogP) is 3.23.